The van der Waals surface area contributed by atoms with Gasteiger partial charge < -0.3 is 25.3 Å². The van der Waals surface area contributed by atoms with Crippen LogP contribution in [0.3, 0.4) is 0 Å². The Balaban J connectivity index is 1.74. The monoisotopic (exact) mass is 482 g/mol. The van der Waals surface area contributed by atoms with Crippen molar-refractivity contribution in [2.45, 2.75) is 5.66 Å². The van der Waals surface area contributed by atoms with Gasteiger partial charge in [0.1, 0.15) is 0 Å². The van der Waals surface area contributed by atoms with E-state index in [4.69, 9.17) is 0 Å². The number of aromatic carboxylic acids is 2. The molecule has 0 fully saturated rings. The summed E-state index contributed by atoms with van der Waals surface area (Å²) in [4.78, 5) is 60.7. The number of rotatable bonds is 5. The number of fused-ring (bicyclic) bond motifs is 3. The first kappa shape index (κ1) is 21.2. The molecule has 0 aliphatic carbocycles. The summed E-state index contributed by atoms with van der Waals surface area (Å²) >= 11 is 0. The predicted molar refractivity (Wildman–Crippen MR) is 123 cm³/mol. The minimum Gasteiger partial charge on any atom is -0.478 e. The van der Waals surface area contributed by atoms with E-state index in [0.717, 1.165) is 6.07 Å². The smallest absolute Gasteiger partial charge is 0.359 e. The zero-order chi connectivity index (χ0) is 25.2. The van der Waals surface area contributed by atoms with Crippen molar-refractivity contribution in [3.63, 3.8) is 0 Å². The number of nitrogens with zero attached hydrogens (tertiary/aromatic N) is 4. The molecule has 0 bridgehead atoms. The number of aliphatic carboxylic acids is 1. The predicted octanol–water partition coefficient (Wildman–Crippen LogP) is 1.69. The molecule has 0 atom stereocenters. The molecule has 12 nitrogen and oxygen atoms in total. The standard InChI is InChI=1S/C24H14N6O6/c31-21(32)10-9-15-18(28-20(27-15)19-25-11-5-1-2-6-12(11)26-19)17(16(10)22(33)34)24(23(35)36)29-13-7-3-4-8-14(13)30-24/h1-9H,(H,25,26)(H,27,28)(H,31,32)(H,33,34)(H,35,36). The Labute approximate surface area is 199 Å². The highest BCUT2D eigenvalue weighted by Crippen LogP contribution is 2.39. The summed E-state index contributed by atoms with van der Waals surface area (Å²) in [5.41, 5.74) is -2.99. The summed E-state index contributed by atoms with van der Waals surface area (Å²) in [6.45, 7) is 0. The molecule has 12 heteroatoms. The van der Waals surface area contributed by atoms with Crippen LogP contribution in [0.1, 0.15) is 26.3 Å². The fourth-order valence-electron chi connectivity index (χ4n) is 4.40. The topological polar surface area (TPSA) is 194 Å². The number of carboxylic acids is 3. The van der Waals surface area contributed by atoms with Crippen LogP contribution in [0.2, 0.25) is 0 Å². The van der Waals surface area contributed by atoms with Crippen molar-refractivity contribution in [3.8, 4) is 11.6 Å². The lowest BCUT2D eigenvalue weighted by molar-refractivity contribution is -0.143. The van der Waals surface area contributed by atoms with Crippen molar-refractivity contribution in [3.05, 3.63) is 82.0 Å². The van der Waals surface area contributed by atoms with Crippen LogP contribution < -0.4 is 10.7 Å². The molecule has 0 unspecified atom stereocenters. The second kappa shape index (κ2) is 7.30. The van der Waals surface area contributed by atoms with Gasteiger partial charge in [0.05, 0.1) is 49.5 Å². The molecule has 2 aromatic heterocycles. The highest BCUT2D eigenvalue weighted by molar-refractivity contribution is 6.09. The van der Waals surface area contributed by atoms with E-state index in [1.165, 1.54) is 12.1 Å². The van der Waals surface area contributed by atoms with Crippen LogP contribution in [0, 0.1) is 0 Å². The molecular weight excluding hydrogens is 468 g/mol. The van der Waals surface area contributed by atoms with Gasteiger partial charge in [-0.15, -0.1) is 0 Å². The number of carbonyl (C=O) groups is 3. The van der Waals surface area contributed by atoms with Gasteiger partial charge in [-0.3, -0.25) is 0 Å². The molecule has 0 spiro atoms. The first-order valence-electron chi connectivity index (χ1n) is 10.6. The van der Waals surface area contributed by atoms with Crippen LogP contribution in [-0.4, -0.2) is 53.2 Å². The Morgan fingerprint density at radius 1 is 0.750 bits per heavy atom. The van der Waals surface area contributed by atoms with E-state index < -0.39 is 40.3 Å². The maximum Gasteiger partial charge on any atom is 0.359 e. The highest BCUT2D eigenvalue weighted by atomic mass is 16.4. The third-order valence-corrected chi connectivity index (χ3v) is 5.93. The number of aromatic amines is 2. The lowest BCUT2D eigenvalue weighted by atomic mass is 9.90. The maximum absolute atomic E-state index is 12.7. The molecule has 5 N–H and O–H groups in total. The average molecular weight is 482 g/mol. The van der Waals surface area contributed by atoms with Crippen LogP contribution >= 0.6 is 0 Å². The normalized spacial score (nSPS) is 13.8. The molecule has 3 aromatic carbocycles. The first-order chi connectivity index (χ1) is 17.3. The van der Waals surface area contributed by atoms with Crippen LogP contribution in [0.25, 0.3) is 33.7 Å². The molecule has 0 radical (unpaired) electrons. The fourth-order valence-corrected chi connectivity index (χ4v) is 4.40. The molecule has 5 aromatic rings. The molecule has 1 aliphatic rings. The zero-order valence-electron chi connectivity index (χ0n) is 18.1. The largest absolute Gasteiger partial charge is 0.478 e. The van der Waals surface area contributed by atoms with Crippen molar-refractivity contribution < 1.29 is 29.7 Å². The van der Waals surface area contributed by atoms with Gasteiger partial charge in [-0.25, -0.2) is 34.3 Å². The molecule has 3 heterocycles. The molecule has 36 heavy (non-hydrogen) atoms. The van der Waals surface area contributed by atoms with E-state index >= 15 is 0 Å². The number of benzene rings is 3. The molecule has 6 rings (SSSR count). The van der Waals surface area contributed by atoms with E-state index in [1.54, 1.807) is 30.3 Å². The molecule has 0 amide bonds. The van der Waals surface area contributed by atoms with Gasteiger partial charge >= 0.3 is 17.9 Å². The van der Waals surface area contributed by atoms with Crippen LogP contribution in [-0.2, 0) is 10.5 Å². The lowest BCUT2D eigenvalue weighted by Crippen LogP contribution is -2.34. The Morgan fingerprint density at radius 2 is 1.36 bits per heavy atom. The summed E-state index contributed by atoms with van der Waals surface area (Å²) in [7, 11) is 0. The summed E-state index contributed by atoms with van der Waals surface area (Å²) in [5, 5.41) is 30.6. The van der Waals surface area contributed by atoms with Gasteiger partial charge in [0.25, 0.3) is 5.66 Å². The quantitative estimate of drug-likeness (QED) is 0.250. The van der Waals surface area contributed by atoms with Crippen LogP contribution in [0.5, 0.6) is 0 Å². The Morgan fingerprint density at radius 3 is 1.97 bits per heavy atom. The van der Waals surface area contributed by atoms with Gasteiger partial charge in [-0.2, -0.15) is 0 Å². The van der Waals surface area contributed by atoms with Crippen LogP contribution in [0.15, 0.2) is 64.6 Å². The molecule has 176 valence electrons. The summed E-state index contributed by atoms with van der Waals surface area (Å²) < 4.78 is 0. The third kappa shape index (κ3) is 2.91. The first-order valence-corrected chi connectivity index (χ1v) is 10.6. The molecule has 1 aliphatic heterocycles. The van der Waals surface area contributed by atoms with Crippen LogP contribution in [0.4, 0.5) is 0 Å². The van der Waals surface area contributed by atoms with E-state index in [2.05, 4.69) is 29.9 Å². The molecular formula is C24H14N6O6. The second-order valence-corrected chi connectivity index (χ2v) is 8.06. The van der Waals surface area contributed by atoms with Gasteiger partial charge in [-0.05, 0) is 30.3 Å². The SMILES string of the molecule is O=C(O)c1cc2[nH]c(-c3nc4ccccc4[nH]3)nc2c(C2(C(=O)O)N=c3ccccc3=N2)c1C(=O)O. The maximum atomic E-state index is 12.7. The van der Waals surface area contributed by atoms with Gasteiger partial charge in [-0.1, -0.05) is 24.3 Å². The number of H-pyrrole nitrogens is 2. The zero-order valence-corrected chi connectivity index (χ0v) is 18.1. The third-order valence-electron chi connectivity index (χ3n) is 5.93. The number of nitrogens with one attached hydrogen (secondary N) is 2. The average Bonchev–Trinajstić information content (AvgIpc) is 3.56. The minimum atomic E-state index is -2.47. The van der Waals surface area contributed by atoms with Crippen molar-refractivity contribution in [1.82, 2.24) is 19.9 Å². The second-order valence-electron chi connectivity index (χ2n) is 8.06. The Bertz CT molecular complexity index is 1840. The lowest BCUT2D eigenvalue weighted by Gasteiger charge is -2.22. The van der Waals surface area contributed by atoms with Gasteiger partial charge in [0.15, 0.2) is 11.6 Å². The number of hydrogen-bond acceptors (Lipinski definition) is 7. The number of carboxylic acid groups (broad SMARTS) is 3. The molecule has 0 saturated heterocycles. The summed E-state index contributed by atoms with van der Waals surface area (Å²) in [5.74, 6) is -4.36. The Hall–Kier alpha value is -5.39. The van der Waals surface area contributed by atoms with E-state index in [-0.39, 0.29) is 27.6 Å². The van der Waals surface area contributed by atoms with Gasteiger partial charge in [0, 0.05) is 0 Å². The number of imidazole rings is 2. The minimum absolute atomic E-state index is 0.0878. The summed E-state index contributed by atoms with van der Waals surface area (Å²) in [6, 6.07) is 14.6. The van der Waals surface area contributed by atoms with Crippen molar-refractivity contribution in [2.75, 3.05) is 0 Å². The molecule has 0 saturated carbocycles. The number of para-hydroxylation sites is 4. The number of hydrogen-bond donors (Lipinski definition) is 5. The summed E-state index contributed by atoms with van der Waals surface area (Å²) in [6.07, 6.45) is 0. The van der Waals surface area contributed by atoms with E-state index in [9.17, 15) is 29.7 Å². The highest BCUT2D eigenvalue weighted by Gasteiger charge is 2.48. The van der Waals surface area contributed by atoms with Gasteiger partial charge in [0.2, 0.25) is 0 Å². The Kier molecular flexibility index (Phi) is 4.29. The van der Waals surface area contributed by atoms with E-state index in [1.807, 2.05) is 6.07 Å². The van der Waals surface area contributed by atoms with E-state index in [0.29, 0.717) is 16.9 Å². The van der Waals surface area contributed by atoms with Crippen molar-refractivity contribution >= 4 is 40.0 Å². The number of aromatic nitrogens is 4. The van der Waals surface area contributed by atoms with Crippen molar-refractivity contribution in [2.24, 2.45) is 9.98 Å². The fraction of sp³-hybridized carbons (Fsp3) is 0.0417. The van der Waals surface area contributed by atoms with Crippen molar-refractivity contribution in [1.29, 1.82) is 0 Å².